The quantitative estimate of drug-likeness (QED) is 0.871. The third-order valence-corrected chi connectivity index (χ3v) is 3.61. The van der Waals surface area contributed by atoms with Gasteiger partial charge < -0.3 is 14.9 Å². The number of aliphatic hydroxyl groups is 1. The maximum atomic E-state index is 12.2. The lowest BCUT2D eigenvalue weighted by Gasteiger charge is -2.14. The number of halogens is 3. The van der Waals surface area contributed by atoms with Gasteiger partial charge in [-0.15, -0.1) is 0 Å². The highest BCUT2D eigenvalue weighted by Crippen LogP contribution is 2.38. The Kier molecular flexibility index (Phi) is 4.27. The van der Waals surface area contributed by atoms with Crippen molar-refractivity contribution in [2.24, 2.45) is 0 Å². The lowest BCUT2D eigenvalue weighted by molar-refractivity contribution is -0.201. The van der Waals surface area contributed by atoms with Crippen molar-refractivity contribution in [3.8, 4) is 11.5 Å². The van der Waals surface area contributed by atoms with Gasteiger partial charge in [0, 0.05) is 17.0 Å². The van der Waals surface area contributed by atoms with Gasteiger partial charge in [0.05, 0.1) is 6.54 Å². The Morgan fingerprint density at radius 3 is 2.58 bits per heavy atom. The Labute approximate surface area is 134 Å². The molecule has 1 aliphatic carbocycles. The SMILES string of the molecule is O=C(NCC(O)C(F)(F)F)c1ccc(-c2nc(C3CC3)no2)cc1. The number of nitrogens with one attached hydrogen (secondary N) is 1. The Balaban J connectivity index is 1.62. The molecule has 1 heterocycles. The fraction of sp³-hybridized carbons (Fsp3) is 0.400. The second-order valence-corrected chi connectivity index (χ2v) is 5.58. The molecule has 2 N–H and O–H groups in total. The number of aliphatic hydroxyl groups excluding tert-OH is 1. The lowest BCUT2D eigenvalue weighted by atomic mass is 10.1. The number of rotatable bonds is 5. The monoisotopic (exact) mass is 341 g/mol. The second-order valence-electron chi connectivity index (χ2n) is 5.58. The number of nitrogens with zero attached hydrogens (tertiary/aromatic N) is 2. The Morgan fingerprint density at radius 1 is 1.33 bits per heavy atom. The molecule has 1 saturated carbocycles. The molecule has 9 heteroatoms. The molecule has 0 spiro atoms. The fourth-order valence-corrected chi connectivity index (χ4v) is 2.03. The van der Waals surface area contributed by atoms with Gasteiger partial charge in [0.2, 0.25) is 0 Å². The van der Waals surface area contributed by atoms with Crippen LogP contribution in [-0.2, 0) is 0 Å². The number of hydrogen-bond acceptors (Lipinski definition) is 5. The molecular weight excluding hydrogens is 327 g/mol. The molecule has 0 bridgehead atoms. The van der Waals surface area contributed by atoms with Crippen molar-refractivity contribution in [1.82, 2.24) is 15.5 Å². The molecular formula is C15H14F3N3O3. The van der Waals surface area contributed by atoms with E-state index >= 15 is 0 Å². The van der Waals surface area contributed by atoms with Crippen LogP contribution in [0, 0.1) is 0 Å². The minimum absolute atomic E-state index is 0.162. The van der Waals surface area contributed by atoms with Crippen LogP contribution in [0.15, 0.2) is 28.8 Å². The van der Waals surface area contributed by atoms with E-state index in [0.29, 0.717) is 23.2 Å². The first kappa shape index (κ1) is 16.4. The first-order valence-corrected chi connectivity index (χ1v) is 7.31. The predicted molar refractivity (Wildman–Crippen MR) is 76.1 cm³/mol. The summed E-state index contributed by atoms with van der Waals surface area (Å²) < 4.78 is 41.7. The number of carbonyl (C=O) groups excluding carboxylic acids is 1. The highest BCUT2D eigenvalue weighted by molar-refractivity contribution is 5.94. The van der Waals surface area contributed by atoms with Crippen molar-refractivity contribution < 1.29 is 27.6 Å². The number of carbonyl (C=O) groups is 1. The molecule has 0 radical (unpaired) electrons. The van der Waals surface area contributed by atoms with E-state index in [2.05, 4.69) is 10.1 Å². The third kappa shape index (κ3) is 3.73. The third-order valence-electron chi connectivity index (χ3n) is 3.61. The summed E-state index contributed by atoms with van der Waals surface area (Å²) in [7, 11) is 0. The zero-order valence-electron chi connectivity index (χ0n) is 12.4. The molecule has 0 saturated heterocycles. The Hall–Kier alpha value is -2.42. The summed E-state index contributed by atoms with van der Waals surface area (Å²) in [6.07, 6.45) is -5.28. The van der Waals surface area contributed by atoms with Crippen molar-refractivity contribution in [1.29, 1.82) is 0 Å². The summed E-state index contributed by atoms with van der Waals surface area (Å²) in [6.45, 7) is -0.904. The molecule has 0 aliphatic heterocycles. The van der Waals surface area contributed by atoms with Crippen molar-refractivity contribution in [3.05, 3.63) is 35.7 Å². The van der Waals surface area contributed by atoms with Gasteiger partial charge in [-0.3, -0.25) is 4.79 Å². The minimum atomic E-state index is -4.77. The molecule has 6 nitrogen and oxygen atoms in total. The second kappa shape index (κ2) is 6.23. The number of hydrogen-bond donors (Lipinski definition) is 2. The topological polar surface area (TPSA) is 88.2 Å². The van der Waals surface area contributed by atoms with Gasteiger partial charge in [-0.05, 0) is 37.1 Å². The van der Waals surface area contributed by atoms with Crippen LogP contribution in [0.2, 0.25) is 0 Å². The van der Waals surface area contributed by atoms with Crippen molar-refractivity contribution >= 4 is 5.91 Å². The molecule has 1 aromatic carbocycles. The standard InChI is InChI=1S/C15H14F3N3O3/c16-15(17,18)11(22)7-19-13(23)9-3-5-10(6-4-9)14-20-12(21-24-14)8-1-2-8/h3-6,8,11,22H,1-2,7H2,(H,19,23). The van der Waals surface area contributed by atoms with E-state index in [-0.39, 0.29) is 5.56 Å². The van der Waals surface area contributed by atoms with E-state index in [0.717, 1.165) is 12.8 Å². The van der Waals surface area contributed by atoms with Gasteiger partial charge in [-0.1, -0.05) is 5.16 Å². The molecule has 2 aromatic rings. The average molecular weight is 341 g/mol. The Morgan fingerprint density at radius 2 is 2.00 bits per heavy atom. The largest absolute Gasteiger partial charge is 0.416 e. The first-order valence-electron chi connectivity index (χ1n) is 7.31. The van der Waals surface area contributed by atoms with Gasteiger partial charge in [0.15, 0.2) is 11.9 Å². The zero-order chi connectivity index (χ0) is 17.3. The summed E-state index contributed by atoms with van der Waals surface area (Å²) in [4.78, 5) is 16.1. The van der Waals surface area contributed by atoms with Crippen molar-refractivity contribution in [2.75, 3.05) is 6.54 Å². The van der Waals surface area contributed by atoms with Gasteiger partial charge in [-0.25, -0.2) is 0 Å². The summed E-state index contributed by atoms with van der Waals surface area (Å²) in [5.74, 6) is 0.631. The summed E-state index contributed by atoms with van der Waals surface area (Å²) >= 11 is 0. The highest BCUT2D eigenvalue weighted by Gasteiger charge is 2.38. The van der Waals surface area contributed by atoms with E-state index in [1.54, 1.807) is 12.1 Å². The summed E-state index contributed by atoms with van der Waals surface area (Å²) in [5.41, 5.74) is 0.774. The molecule has 1 aromatic heterocycles. The van der Waals surface area contributed by atoms with Gasteiger partial charge in [-0.2, -0.15) is 18.2 Å². The van der Waals surface area contributed by atoms with E-state index in [9.17, 15) is 18.0 Å². The van der Waals surface area contributed by atoms with E-state index < -0.39 is 24.7 Å². The maximum Gasteiger partial charge on any atom is 0.416 e. The van der Waals surface area contributed by atoms with Crippen LogP contribution in [-0.4, -0.2) is 40.0 Å². The number of alkyl halides is 3. The van der Waals surface area contributed by atoms with Gasteiger partial charge >= 0.3 is 6.18 Å². The lowest BCUT2D eigenvalue weighted by Crippen LogP contribution is -2.40. The molecule has 3 rings (SSSR count). The Bertz CT molecular complexity index is 724. The molecule has 1 aliphatic rings. The summed E-state index contributed by atoms with van der Waals surface area (Å²) in [6, 6.07) is 6.01. The van der Waals surface area contributed by atoms with Gasteiger partial charge in [0.25, 0.3) is 11.8 Å². The zero-order valence-corrected chi connectivity index (χ0v) is 12.4. The van der Waals surface area contributed by atoms with Crippen LogP contribution in [0.5, 0.6) is 0 Å². The van der Waals surface area contributed by atoms with E-state index in [1.807, 2.05) is 5.32 Å². The van der Waals surface area contributed by atoms with E-state index in [1.165, 1.54) is 12.1 Å². The molecule has 1 unspecified atom stereocenters. The van der Waals surface area contributed by atoms with Crippen LogP contribution in [0.25, 0.3) is 11.5 Å². The summed E-state index contributed by atoms with van der Waals surface area (Å²) in [5, 5.41) is 14.8. The molecule has 1 fully saturated rings. The van der Waals surface area contributed by atoms with Crippen LogP contribution in [0.1, 0.15) is 34.9 Å². The number of aromatic nitrogens is 2. The first-order chi connectivity index (χ1) is 11.3. The predicted octanol–water partition coefficient (Wildman–Crippen LogP) is 2.27. The molecule has 1 atom stereocenters. The smallest absolute Gasteiger partial charge is 0.382 e. The molecule has 128 valence electrons. The van der Waals surface area contributed by atoms with Crippen LogP contribution in [0.3, 0.4) is 0 Å². The maximum absolute atomic E-state index is 12.2. The van der Waals surface area contributed by atoms with Gasteiger partial charge in [0.1, 0.15) is 0 Å². The molecule has 1 amide bonds. The fourth-order valence-electron chi connectivity index (χ4n) is 2.03. The number of amides is 1. The van der Waals surface area contributed by atoms with Crippen LogP contribution >= 0.6 is 0 Å². The normalized spacial score (nSPS) is 16.0. The van der Waals surface area contributed by atoms with E-state index in [4.69, 9.17) is 9.63 Å². The minimum Gasteiger partial charge on any atom is -0.382 e. The van der Waals surface area contributed by atoms with Crippen LogP contribution < -0.4 is 5.32 Å². The average Bonchev–Trinajstić information content (AvgIpc) is 3.29. The highest BCUT2D eigenvalue weighted by atomic mass is 19.4. The number of benzene rings is 1. The van der Waals surface area contributed by atoms with Crippen molar-refractivity contribution in [3.63, 3.8) is 0 Å². The van der Waals surface area contributed by atoms with Crippen molar-refractivity contribution in [2.45, 2.75) is 31.0 Å². The van der Waals surface area contributed by atoms with Crippen LogP contribution in [0.4, 0.5) is 13.2 Å². The molecule has 24 heavy (non-hydrogen) atoms.